The van der Waals surface area contributed by atoms with Gasteiger partial charge < -0.3 is 52.3 Å². The number of fused-ring (bicyclic) bond motifs is 2. The van der Waals surface area contributed by atoms with Gasteiger partial charge in [0, 0.05) is 62.7 Å². The van der Waals surface area contributed by atoms with Crippen molar-refractivity contribution in [2.45, 2.75) is 216 Å². The summed E-state index contributed by atoms with van der Waals surface area (Å²) in [5.41, 5.74) is 1.43. The quantitative estimate of drug-likeness (QED) is 0.0473. The summed E-state index contributed by atoms with van der Waals surface area (Å²) in [6.45, 7) is 4.52. The van der Waals surface area contributed by atoms with E-state index in [1.165, 1.54) is 25.7 Å². The van der Waals surface area contributed by atoms with Crippen molar-refractivity contribution in [2.75, 3.05) is 40.4 Å². The number of hydrogen-bond acceptors (Lipinski definition) is 12. The number of benzene rings is 2. The molecule has 5 aliphatic rings. The molecule has 448 valence electrons. The monoisotopic (exact) mass is 1120 g/mol. The Bertz CT molecular complexity index is 2330. The zero-order valence-electron chi connectivity index (χ0n) is 48.9. The van der Waals surface area contributed by atoms with Gasteiger partial charge in [-0.1, -0.05) is 132 Å². The number of amides is 6. The molecule has 4 aliphatic heterocycles. The van der Waals surface area contributed by atoms with Crippen LogP contribution >= 0.6 is 0 Å². The molecule has 6 amide bonds. The van der Waals surface area contributed by atoms with Crippen molar-refractivity contribution >= 4 is 41.2 Å². The number of aliphatic hydroxyl groups excluding tert-OH is 2. The van der Waals surface area contributed by atoms with E-state index in [1.54, 1.807) is 19.0 Å². The van der Waals surface area contributed by atoms with Crippen LogP contribution in [0.25, 0.3) is 0 Å². The minimum absolute atomic E-state index is 0.0394. The van der Waals surface area contributed by atoms with E-state index in [0.717, 1.165) is 69.8 Å². The van der Waals surface area contributed by atoms with Crippen LogP contribution in [0.3, 0.4) is 0 Å². The van der Waals surface area contributed by atoms with E-state index in [2.05, 4.69) is 42.1 Å². The highest BCUT2D eigenvalue weighted by molar-refractivity contribution is 5.96. The van der Waals surface area contributed by atoms with Crippen LogP contribution in [0.15, 0.2) is 60.7 Å². The highest BCUT2D eigenvalue weighted by atomic mass is 16.3. The molecule has 2 aromatic rings. The van der Waals surface area contributed by atoms with E-state index >= 15 is 0 Å². The predicted octanol–water partition coefficient (Wildman–Crippen LogP) is 5.28. The fraction of sp³-hybridized carbons (Fsp3) is 0.698. The maximum Gasteiger partial charge on any atom is 0.247 e. The summed E-state index contributed by atoms with van der Waals surface area (Å²) in [6.07, 6.45) is 18.4. The fourth-order valence-corrected chi connectivity index (χ4v) is 14.0. The van der Waals surface area contributed by atoms with E-state index in [4.69, 9.17) is 0 Å². The van der Waals surface area contributed by atoms with Gasteiger partial charge in [-0.25, -0.2) is 0 Å². The summed E-state index contributed by atoms with van der Waals surface area (Å²) >= 11 is 0. The molecular weight excluding hydrogens is 1030 g/mol. The first-order valence-corrected chi connectivity index (χ1v) is 31.1. The average molecular weight is 1120 g/mol. The molecular formula is C63H97N9O9. The maximum atomic E-state index is 14.2. The number of hydrogen-bond donors (Lipinski definition) is 9. The van der Waals surface area contributed by atoms with E-state index in [-0.39, 0.29) is 84.5 Å². The van der Waals surface area contributed by atoms with Crippen molar-refractivity contribution < 1.29 is 43.8 Å². The molecule has 0 aromatic heterocycles. The Morgan fingerprint density at radius 2 is 1.09 bits per heavy atom. The highest BCUT2D eigenvalue weighted by Gasteiger charge is 2.49. The number of nitrogens with zero attached hydrogens (tertiary/aromatic N) is 2. The summed E-state index contributed by atoms with van der Waals surface area (Å²) in [7, 11) is 3.46. The summed E-state index contributed by atoms with van der Waals surface area (Å²) < 4.78 is 0. The van der Waals surface area contributed by atoms with Crippen LogP contribution in [0, 0.1) is 23.7 Å². The molecule has 1 aliphatic carbocycles. The minimum Gasteiger partial charge on any atom is -0.396 e. The summed E-state index contributed by atoms with van der Waals surface area (Å²) in [4.78, 5) is 101. The SMILES string of the molecule is CC[C@H](NC)C(=O)N[C@@H]1C(=O)N2[C@@H](CC[C@@H]1CO)CC[C@H]2C(=O)N[C@H](C(=O)CCCCCC1CCC(CCCCNC(=O)[C@@H](NC(=O)[C@@H]2CC[C@@H]3CC[C@H](CO)[C@H](NC(=O)[C@H](CC)NC)CN32)c2ccccc2)CC1)c1ccccc1. The van der Waals surface area contributed by atoms with Crippen molar-refractivity contribution in [3.05, 3.63) is 71.8 Å². The lowest BCUT2D eigenvalue weighted by Crippen LogP contribution is -2.58. The molecule has 0 bridgehead atoms. The zero-order valence-corrected chi connectivity index (χ0v) is 48.9. The third kappa shape index (κ3) is 16.9. The Morgan fingerprint density at radius 1 is 0.568 bits per heavy atom. The zero-order chi connectivity index (χ0) is 57.8. The second-order valence-electron chi connectivity index (χ2n) is 24.0. The first kappa shape index (κ1) is 63.3. The lowest BCUT2D eigenvalue weighted by atomic mass is 9.78. The van der Waals surface area contributed by atoms with Crippen LogP contribution in [-0.4, -0.2) is 150 Å². The molecule has 1 saturated carbocycles. The molecule has 9 N–H and O–H groups in total. The fourth-order valence-electron chi connectivity index (χ4n) is 14.0. The van der Waals surface area contributed by atoms with Gasteiger partial charge in [0.2, 0.25) is 35.4 Å². The molecule has 18 heteroatoms. The molecule has 4 heterocycles. The number of likely N-dealkylation sites (N-methyl/N-ethyl adjacent to an activating group) is 2. The maximum absolute atomic E-state index is 14.2. The van der Waals surface area contributed by atoms with Crippen molar-refractivity contribution in [1.29, 1.82) is 0 Å². The topological polar surface area (TPSA) is 251 Å². The molecule has 4 saturated heterocycles. The van der Waals surface area contributed by atoms with Crippen molar-refractivity contribution in [3.63, 3.8) is 0 Å². The standard InChI is InChI=1S/C63H97N9O9/c1-5-49(64-3)58(76)67-51-38-71-47(31-29-45(51)39-73)33-35-52(71)60(78)69-56(44-22-13-9-14-23-44)62(80)66-37-17-16-19-42-27-25-41(26-28-42)18-10-7-15-24-54(75)55(43-20-11-8-12-21-43)68-61(79)53-36-34-48-32-30-46(40-74)57(63(81)72(48)53)70-59(77)50(6-2)65-4/h8-9,11-14,20-23,41-42,45-53,55-57,64-65,73-74H,5-7,10,15-19,24-40H2,1-4H3,(H,66,80)(H,67,76)(H,68,79)(H,69,78)(H,70,77)/t41?,42?,45-,46-,47+,48+,49+,50+,51-,52+,53+,55+,56+,57+/m1/s1. The molecule has 12 atom stereocenters. The molecule has 7 rings (SSSR count). The largest absolute Gasteiger partial charge is 0.396 e. The van der Waals surface area contributed by atoms with Gasteiger partial charge in [-0.15, -0.1) is 0 Å². The second kappa shape index (κ2) is 32.0. The molecule has 81 heavy (non-hydrogen) atoms. The number of ketones is 1. The lowest BCUT2D eigenvalue weighted by molar-refractivity contribution is -0.144. The Morgan fingerprint density at radius 3 is 1.69 bits per heavy atom. The number of nitrogens with one attached hydrogen (secondary N) is 7. The van der Waals surface area contributed by atoms with Crippen molar-refractivity contribution in [3.8, 4) is 0 Å². The van der Waals surface area contributed by atoms with Crippen molar-refractivity contribution in [1.82, 2.24) is 47.0 Å². The third-order valence-corrected chi connectivity index (χ3v) is 19.0. The van der Waals surface area contributed by atoms with Gasteiger partial charge in [-0.05, 0) is 114 Å². The molecule has 0 spiro atoms. The van der Waals surface area contributed by atoms with E-state index in [1.807, 2.05) is 74.5 Å². The van der Waals surface area contributed by atoms with Gasteiger partial charge >= 0.3 is 0 Å². The van der Waals surface area contributed by atoms with Crippen LogP contribution < -0.4 is 37.2 Å². The normalized spacial score (nSPS) is 27.3. The van der Waals surface area contributed by atoms with Gasteiger partial charge in [0.25, 0.3) is 0 Å². The number of unbranched alkanes of at least 4 members (excludes halogenated alkanes) is 3. The Labute approximate surface area is 481 Å². The summed E-state index contributed by atoms with van der Waals surface area (Å²) in [6, 6.07) is 13.6. The smallest absolute Gasteiger partial charge is 0.247 e. The number of carbonyl (C=O) groups is 7. The van der Waals surface area contributed by atoms with Crippen LogP contribution in [0.4, 0.5) is 0 Å². The number of rotatable bonds is 29. The number of Topliss-reactive ketones (excluding diaryl/α,β-unsaturated/α-hetero) is 1. The molecule has 0 unspecified atom stereocenters. The first-order chi connectivity index (χ1) is 39.3. The third-order valence-electron chi connectivity index (χ3n) is 19.0. The minimum atomic E-state index is -0.953. The molecule has 0 radical (unpaired) electrons. The number of aliphatic hydroxyl groups is 2. The van der Waals surface area contributed by atoms with E-state index < -0.39 is 42.2 Å². The van der Waals surface area contributed by atoms with E-state index in [0.29, 0.717) is 81.9 Å². The number of carbonyl (C=O) groups excluding carboxylic acids is 7. The Kier molecular flexibility index (Phi) is 25.0. The summed E-state index contributed by atoms with van der Waals surface area (Å²) in [5, 5.41) is 42.0. The van der Waals surface area contributed by atoms with Gasteiger partial charge in [0.15, 0.2) is 5.78 Å². The predicted molar refractivity (Wildman–Crippen MR) is 312 cm³/mol. The first-order valence-electron chi connectivity index (χ1n) is 31.1. The lowest BCUT2D eigenvalue weighted by Gasteiger charge is -2.33. The Hall–Kier alpha value is -5.27. The van der Waals surface area contributed by atoms with Crippen LogP contribution in [0.1, 0.15) is 178 Å². The van der Waals surface area contributed by atoms with Crippen molar-refractivity contribution in [2.24, 2.45) is 23.7 Å². The van der Waals surface area contributed by atoms with Crippen LogP contribution in [0.2, 0.25) is 0 Å². The molecule has 18 nitrogen and oxygen atoms in total. The van der Waals surface area contributed by atoms with Crippen LogP contribution in [-0.2, 0) is 33.6 Å². The van der Waals surface area contributed by atoms with Gasteiger partial charge in [0.1, 0.15) is 24.2 Å². The second-order valence-corrected chi connectivity index (χ2v) is 24.0. The van der Waals surface area contributed by atoms with Gasteiger partial charge in [0.05, 0.1) is 18.1 Å². The van der Waals surface area contributed by atoms with Gasteiger partial charge in [-0.2, -0.15) is 0 Å². The average Bonchev–Trinajstić information content (AvgIpc) is 4.17. The molecule has 5 fully saturated rings. The van der Waals surface area contributed by atoms with E-state index in [9.17, 15) is 43.8 Å². The Balaban J connectivity index is 0.814. The van der Waals surface area contributed by atoms with Crippen LogP contribution in [0.5, 0.6) is 0 Å². The molecule has 2 aromatic carbocycles. The highest BCUT2D eigenvalue weighted by Crippen LogP contribution is 2.37. The van der Waals surface area contributed by atoms with Gasteiger partial charge in [-0.3, -0.25) is 38.5 Å². The summed E-state index contributed by atoms with van der Waals surface area (Å²) in [5.74, 6) is -0.891.